The van der Waals surface area contributed by atoms with Crippen LogP contribution in [0.2, 0.25) is 0 Å². The van der Waals surface area contributed by atoms with Crippen LogP contribution in [0, 0.1) is 13.8 Å². The quantitative estimate of drug-likeness (QED) is 0.676. The average molecular weight is 381 g/mol. The minimum Gasteiger partial charge on any atom is -0.483 e. The van der Waals surface area contributed by atoms with Crippen molar-refractivity contribution in [3.05, 3.63) is 70.7 Å². The number of hydrogen-bond acceptors (Lipinski definition) is 5. The number of hydrogen-bond donors (Lipinski definition) is 2. The number of carbonyl (C=O) groups is 2. The SMILES string of the molecule is Cc1ccc(C)c(OCC(=O)Nc2ccccc2C(=O)Nc2nccs2)c1. The van der Waals surface area contributed by atoms with Crippen molar-refractivity contribution in [2.24, 2.45) is 0 Å². The summed E-state index contributed by atoms with van der Waals surface area (Å²) in [5.41, 5.74) is 2.78. The molecule has 1 aromatic heterocycles. The van der Waals surface area contributed by atoms with Crippen LogP contribution in [-0.2, 0) is 4.79 Å². The monoisotopic (exact) mass is 381 g/mol. The second kappa shape index (κ2) is 8.46. The summed E-state index contributed by atoms with van der Waals surface area (Å²) in [6.45, 7) is 3.74. The first-order valence-electron chi connectivity index (χ1n) is 8.32. The van der Waals surface area contributed by atoms with Gasteiger partial charge in [0, 0.05) is 11.6 Å². The number of ether oxygens (including phenoxy) is 1. The van der Waals surface area contributed by atoms with E-state index in [1.54, 1.807) is 35.8 Å². The number of thiazole rings is 1. The largest absolute Gasteiger partial charge is 0.483 e. The molecule has 27 heavy (non-hydrogen) atoms. The Morgan fingerprint density at radius 1 is 1.11 bits per heavy atom. The third-order valence-corrected chi connectivity index (χ3v) is 4.49. The van der Waals surface area contributed by atoms with E-state index in [-0.39, 0.29) is 18.4 Å². The molecule has 2 N–H and O–H groups in total. The van der Waals surface area contributed by atoms with E-state index in [0.29, 0.717) is 22.1 Å². The summed E-state index contributed by atoms with van der Waals surface area (Å²) in [4.78, 5) is 28.8. The lowest BCUT2D eigenvalue weighted by atomic mass is 10.1. The van der Waals surface area contributed by atoms with Crippen molar-refractivity contribution in [3.63, 3.8) is 0 Å². The maximum atomic E-state index is 12.4. The van der Waals surface area contributed by atoms with Gasteiger partial charge in [0.25, 0.3) is 11.8 Å². The van der Waals surface area contributed by atoms with E-state index >= 15 is 0 Å². The zero-order valence-corrected chi connectivity index (χ0v) is 15.8. The maximum absolute atomic E-state index is 12.4. The van der Waals surface area contributed by atoms with Crippen molar-refractivity contribution in [2.75, 3.05) is 17.2 Å². The van der Waals surface area contributed by atoms with Crippen LogP contribution in [0.15, 0.2) is 54.0 Å². The highest BCUT2D eigenvalue weighted by molar-refractivity contribution is 7.13. The summed E-state index contributed by atoms with van der Waals surface area (Å²) >= 11 is 1.32. The highest BCUT2D eigenvalue weighted by atomic mass is 32.1. The van der Waals surface area contributed by atoms with E-state index in [4.69, 9.17) is 4.74 Å². The summed E-state index contributed by atoms with van der Waals surface area (Å²) in [7, 11) is 0. The van der Waals surface area contributed by atoms with E-state index < -0.39 is 0 Å². The van der Waals surface area contributed by atoms with Gasteiger partial charge in [0.15, 0.2) is 11.7 Å². The summed E-state index contributed by atoms with van der Waals surface area (Å²) in [5.74, 6) is -0.0124. The van der Waals surface area contributed by atoms with Crippen molar-refractivity contribution in [1.82, 2.24) is 4.98 Å². The van der Waals surface area contributed by atoms with E-state index in [0.717, 1.165) is 11.1 Å². The lowest BCUT2D eigenvalue weighted by Gasteiger charge is -2.12. The Bertz CT molecular complexity index is 955. The van der Waals surface area contributed by atoms with E-state index in [1.165, 1.54) is 11.3 Å². The van der Waals surface area contributed by atoms with Crippen LogP contribution < -0.4 is 15.4 Å². The molecule has 0 bridgehead atoms. The molecular weight excluding hydrogens is 362 g/mol. The van der Waals surface area contributed by atoms with Crippen LogP contribution in [0.3, 0.4) is 0 Å². The lowest BCUT2D eigenvalue weighted by molar-refractivity contribution is -0.118. The first kappa shape index (κ1) is 18.6. The van der Waals surface area contributed by atoms with Crippen molar-refractivity contribution in [1.29, 1.82) is 0 Å². The Labute approximate surface area is 161 Å². The van der Waals surface area contributed by atoms with Gasteiger partial charge in [-0.05, 0) is 43.2 Å². The molecule has 7 heteroatoms. The fraction of sp³-hybridized carbons (Fsp3) is 0.150. The van der Waals surface area contributed by atoms with Gasteiger partial charge in [-0.3, -0.25) is 14.9 Å². The molecule has 0 aliphatic heterocycles. The van der Waals surface area contributed by atoms with Crippen molar-refractivity contribution >= 4 is 34.0 Å². The summed E-state index contributed by atoms with van der Waals surface area (Å²) < 4.78 is 5.62. The minimum atomic E-state index is -0.342. The van der Waals surface area contributed by atoms with Gasteiger partial charge in [-0.2, -0.15) is 0 Å². The first-order chi connectivity index (χ1) is 13.0. The third-order valence-electron chi connectivity index (χ3n) is 3.80. The molecule has 0 atom stereocenters. The van der Waals surface area contributed by atoms with Crippen LogP contribution in [0.1, 0.15) is 21.5 Å². The van der Waals surface area contributed by atoms with Gasteiger partial charge in [0.05, 0.1) is 11.3 Å². The molecular formula is C20H19N3O3S. The van der Waals surface area contributed by atoms with Crippen LogP contribution in [0.4, 0.5) is 10.8 Å². The summed E-state index contributed by atoms with van der Waals surface area (Å²) in [6, 6.07) is 12.6. The Hall–Kier alpha value is -3.19. The number of amides is 2. The Morgan fingerprint density at radius 3 is 2.70 bits per heavy atom. The number of aromatic nitrogens is 1. The number of aryl methyl sites for hydroxylation is 2. The second-order valence-corrected chi connectivity index (χ2v) is 6.84. The summed E-state index contributed by atoms with van der Waals surface area (Å²) in [5, 5.41) is 7.71. The highest BCUT2D eigenvalue weighted by Crippen LogP contribution is 2.20. The molecule has 3 rings (SSSR count). The predicted octanol–water partition coefficient (Wildman–Crippen LogP) is 4.03. The fourth-order valence-electron chi connectivity index (χ4n) is 2.43. The van der Waals surface area contributed by atoms with Gasteiger partial charge in [0.1, 0.15) is 5.75 Å². The zero-order chi connectivity index (χ0) is 19.2. The molecule has 0 fully saturated rings. The number of nitrogens with zero attached hydrogens (tertiary/aromatic N) is 1. The zero-order valence-electron chi connectivity index (χ0n) is 15.0. The smallest absolute Gasteiger partial charge is 0.262 e. The molecule has 1 heterocycles. The second-order valence-electron chi connectivity index (χ2n) is 5.94. The molecule has 138 valence electrons. The Balaban J connectivity index is 1.65. The number of carbonyl (C=O) groups excluding carboxylic acids is 2. The van der Waals surface area contributed by atoms with Crippen LogP contribution in [0.25, 0.3) is 0 Å². The van der Waals surface area contributed by atoms with Gasteiger partial charge in [-0.1, -0.05) is 24.3 Å². The highest BCUT2D eigenvalue weighted by Gasteiger charge is 2.14. The molecule has 0 aliphatic rings. The average Bonchev–Trinajstić information content (AvgIpc) is 3.16. The maximum Gasteiger partial charge on any atom is 0.262 e. The van der Waals surface area contributed by atoms with E-state index in [9.17, 15) is 9.59 Å². The number of para-hydroxylation sites is 1. The minimum absolute atomic E-state index is 0.146. The molecule has 0 unspecified atom stereocenters. The standard InChI is InChI=1S/C20H19N3O3S/c1-13-7-8-14(2)17(11-13)26-12-18(24)22-16-6-4-3-5-15(16)19(25)23-20-21-9-10-27-20/h3-11H,12H2,1-2H3,(H,22,24)(H,21,23,25). The summed E-state index contributed by atoms with van der Waals surface area (Å²) in [6.07, 6.45) is 1.61. The van der Waals surface area contributed by atoms with Crippen molar-refractivity contribution < 1.29 is 14.3 Å². The lowest BCUT2D eigenvalue weighted by Crippen LogP contribution is -2.23. The normalized spacial score (nSPS) is 10.3. The van der Waals surface area contributed by atoms with Gasteiger partial charge in [0.2, 0.25) is 0 Å². The van der Waals surface area contributed by atoms with Gasteiger partial charge in [-0.15, -0.1) is 11.3 Å². The molecule has 0 radical (unpaired) electrons. The molecule has 0 saturated carbocycles. The van der Waals surface area contributed by atoms with Crippen LogP contribution in [0.5, 0.6) is 5.75 Å². The number of nitrogens with one attached hydrogen (secondary N) is 2. The molecule has 2 aromatic carbocycles. The fourth-order valence-corrected chi connectivity index (χ4v) is 2.96. The predicted molar refractivity (Wildman–Crippen MR) is 107 cm³/mol. The molecule has 2 amide bonds. The number of rotatable bonds is 6. The van der Waals surface area contributed by atoms with Crippen molar-refractivity contribution in [3.8, 4) is 5.75 Å². The van der Waals surface area contributed by atoms with E-state index in [1.807, 2.05) is 32.0 Å². The Morgan fingerprint density at radius 2 is 1.93 bits per heavy atom. The molecule has 6 nitrogen and oxygen atoms in total. The topological polar surface area (TPSA) is 80.3 Å². The number of anilines is 2. The van der Waals surface area contributed by atoms with Gasteiger partial charge < -0.3 is 10.1 Å². The van der Waals surface area contributed by atoms with Crippen LogP contribution in [-0.4, -0.2) is 23.4 Å². The Kier molecular flexibility index (Phi) is 5.83. The molecule has 0 spiro atoms. The molecule has 0 saturated heterocycles. The van der Waals surface area contributed by atoms with Gasteiger partial charge in [-0.25, -0.2) is 4.98 Å². The van der Waals surface area contributed by atoms with Gasteiger partial charge >= 0.3 is 0 Å². The molecule has 0 aliphatic carbocycles. The number of benzene rings is 2. The van der Waals surface area contributed by atoms with Crippen molar-refractivity contribution in [2.45, 2.75) is 13.8 Å². The third kappa shape index (κ3) is 4.92. The van der Waals surface area contributed by atoms with Crippen LogP contribution >= 0.6 is 11.3 Å². The first-order valence-corrected chi connectivity index (χ1v) is 9.20. The van der Waals surface area contributed by atoms with E-state index in [2.05, 4.69) is 15.6 Å². The molecule has 3 aromatic rings.